The maximum Gasteiger partial charge on any atom is 0.331 e. The van der Waals surface area contributed by atoms with Gasteiger partial charge in [-0.15, -0.1) is 11.6 Å². The number of halogens is 1. The van der Waals surface area contributed by atoms with Crippen LogP contribution in [-0.2, 0) is 0 Å². The number of methoxy groups -OCH3 is 1. The standard InChI is InChI=1S/C10H11ClN2O3/c1-16-10-9(13(14)15)6-8(7-12-10)4-2-3-5-11/h2,4,6-7H,3,5H2,1H3. The third-order valence-electron chi connectivity index (χ3n) is 1.83. The minimum atomic E-state index is -0.523. The molecule has 16 heavy (non-hydrogen) atoms. The zero-order valence-electron chi connectivity index (χ0n) is 8.72. The highest BCUT2D eigenvalue weighted by Crippen LogP contribution is 2.24. The van der Waals surface area contributed by atoms with Gasteiger partial charge in [0.25, 0.3) is 5.88 Å². The van der Waals surface area contributed by atoms with E-state index in [0.717, 1.165) is 0 Å². The minimum absolute atomic E-state index is 0.0134. The lowest BCUT2D eigenvalue weighted by Crippen LogP contribution is -1.96. The molecule has 0 spiro atoms. The molecule has 0 aliphatic rings. The smallest absolute Gasteiger partial charge is 0.331 e. The summed E-state index contributed by atoms with van der Waals surface area (Å²) >= 11 is 5.50. The SMILES string of the molecule is COc1ncc(C=CCCCl)cc1[N+](=O)[O-]. The maximum atomic E-state index is 10.7. The lowest BCUT2D eigenvalue weighted by molar-refractivity contribution is -0.386. The van der Waals surface area contributed by atoms with Crippen molar-refractivity contribution in [1.29, 1.82) is 0 Å². The predicted molar refractivity (Wildman–Crippen MR) is 61.8 cm³/mol. The van der Waals surface area contributed by atoms with Crippen molar-refractivity contribution in [3.05, 3.63) is 34.0 Å². The van der Waals surface area contributed by atoms with Crippen molar-refractivity contribution in [3.8, 4) is 5.88 Å². The van der Waals surface area contributed by atoms with Gasteiger partial charge in [-0.2, -0.15) is 0 Å². The fraction of sp³-hybridized carbons (Fsp3) is 0.300. The van der Waals surface area contributed by atoms with Gasteiger partial charge < -0.3 is 4.74 Å². The van der Waals surface area contributed by atoms with E-state index in [1.165, 1.54) is 19.4 Å². The lowest BCUT2D eigenvalue weighted by atomic mass is 10.2. The number of hydrogen-bond donors (Lipinski definition) is 0. The molecule has 0 atom stereocenters. The zero-order valence-corrected chi connectivity index (χ0v) is 9.48. The lowest BCUT2D eigenvalue weighted by Gasteiger charge is -2.00. The van der Waals surface area contributed by atoms with Gasteiger partial charge in [0.2, 0.25) is 0 Å². The molecule has 0 aliphatic heterocycles. The molecule has 6 heteroatoms. The van der Waals surface area contributed by atoms with Gasteiger partial charge in [0.1, 0.15) is 0 Å². The second-order valence-electron chi connectivity index (χ2n) is 2.93. The number of pyridine rings is 1. The van der Waals surface area contributed by atoms with Gasteiger partial charge in [-0.05, 0) is 12.0 Å². The molecule has 1 aromatic rings. The van der Waals surface area contributed by atoms with Crippen molar-refractivity contribution >= 4 is 23.4 Å². The highest BCUT2D eigenvalue weighted by molar-refractivity contribution is 6.17. The average Bonchev–Trinajstić information content (AvgIpc) is 2.29. The Kier molecular flexibility index (Phi) is 4.72. The molecular formula is C10H11ClN2O3. The van der Waals surface area contributed by atoms with Crippen LogP contribution in [0.3, 0.4) is 0 Å². The Bertz CT molecular complexity index is 407. The third-order valence-corrected chi connectivity index (χ3v) is 2.05. The van der Waals surface area contributed by atoms with Crippen LogP contribution >= 0.6 is 11.6 Å². The van der Waals surface area contributed by atoms with Crippen molar-refractivity contribution in [2.75, 3.05) is 13.0 Å². The topological polar surface area (TPSA) is 65.3 Å². The van der Waals surface area contributed by atoms with Crippen molar-refractivity contribution in [2.45, 2.75) is 6.42 Å². The quantitative estimate of drug-likeness (QED) is 0.452. The van der Waals surface area contributed by atoms with Gasteiger partial charge >= 0.3 is 5.69 Å². The molecule has 5 nitrogen and oxygen atoms in total. The van der Waals surface area contributed by atoms with E-state index in [9.17, 15) is 10.1 Å². The summed E-state index contributed by atoms with van der Waals surface area (Å²) in [5, 5.41) is 10.7. The van der Waals surface area contributed by atoms with Crippen LogP contribution in [0.2, 0.25) is 0 Å². The van der Waals surface area contributed by atoms with Crippen molar-refractivity contribution < 1.29 is 9.66 Å². The summed E-state index contributed by atoms with van der Waals surface area (Å²) in [4.78, 5) is 14.0. The molecule has 0 radical (unpaired) electrons. The summed E-state index contributed by atoms with van der Waals surface area (Å²) in [6.07, 6.45) is 5.79. The molecule has 0 saturated heterocycles. The molecule has 0 saturated carbocycles. The van der Waals surface area contributed by atoms with E-state index in [-0.39, 0.29) is 11.6 Å². The molecule has 86 valence electrons. The van der Waals surface area contributed by atoms with Crippen LogP contribution in [0.15, 0.2) is 18.3 Å². The van der Waals surface area contributed by atoms with E-state index in [2.05, 4.69) is 4.98 Å². The number of aromatic nitrogens is 1. The van der Waals surface area contributed by atoms with E-state index >= 15 is 0 Å². The van der Waals surface area contributed by atoms with Crippen molar-refractivity contribution in [3.63, 3.8) is 0 Å². The summed E-state index contributed by atoms with van der Waals surface area (Å²) in [5.41, 5.74) is 0.508. The van der Waals surface area contributed by atoms with Gasteiger partial charge in [0.05, 0.1) is 12.0 Å². The molecule has 0 unspecified atom stereocenters. The van der Waals surface area contributed by atoms with E-state index in [0.29, 0.717) is 17.9 Å². The van der Waals surface area contributed by atoms with Crippen LogP contribution < -0.4 is 4.74 Å². The Hall–Kier alpha value is -1.62. The van der Waals surface area contributed by atoms with Crippen LogP contribution in [0.1, 0.15) is 12.0 Å². The Morgan fingerprint density at radius 3 is 3.00 bits per heavy atom. The Labute approximate surface area is 97.9 Å². The number of nitro groups is 1. The van der Waals surface area contributed by atoms with Crippen molar-refractivity contribution in [2.24, 2.45) is 0 Å². The van der Waals surface area contributed by atoms with Crippen LogP contribution in [0, 0.1) is 10.1 Å². The van der Waals surface area contributed by atoms with Gasteiger partial charge in [0, 0.05) is 18.1 Å². The van der Waals surface area contributed by atoms with Crippen molar-refractivity contribution in [1.82, 2.24) is 4.98 Å². The number of rotatable bonds is 5. The van der Waals surface area contributed by atoms with Crippen LogP contribution in [0.5, 0.6) is 5.88 Å². The molecule has 0 N–H and O–H groups in total. The van der Waals surface area contributed by atoms with Crippen LogP contribution in [0.4, 0.5) is 5.69 Å². The summed E-state index contributed by atoms with van der Waals surface area (Å²) < 4.78 is 4.79. The monoisotopic (exact) mass is 242 g/mol. The molecule has 0 amide bonds. The van der Waals surface area contributed by atoms with Crippen LogP contribution in [-0.4, -0.2) is 22.9 Å². The summed E-state index contributed by atoms with van der Waals surface area (Å²) in [6, 6.07) is 1.41. The molecule has 0 aliphatic carbocycles. The number of allylic oxidation sites excluding steroid dienone is 1. The number of hydrogen-bond acceptors (Lipinski definition) is 4. The third kappa shape index (κ3) is 3.20. The summed E-state index contributed by atoms with van der Waals surface area (Å²) in [7, 11) is 1.35. The molecular weight excluding hydrogens is 232 g/mol. The molecule has 0 fully saturated rings. The number of ether oxygens (including phenoxy) is 1. The first-order chi connectivity index (χ1) is 7.69. The number of nitrogens with zero attached hydrogens (tertiary/aromatic N) is 2. The summed E-state index contributed by atoms with van der Waals surface area (Å²) in [5.74, 6) is 0.529. The maximum absolute atomic E-state index is 10.7. The zero-order chi connectivity index (χ0) is 12.0. The first kappa shape index (κ1) is 12.4. The molecule has 0 aromatic carbocycles. The van der Waals surface area contributed by atoms with Gasteiger partial charge in [-0.3, -0.25) is 10.1 Å². The fourth-order valence-corrected chi connectivity index (χ4v) is 1.24. The molecule has 1 aromatic heterocycles. The largest absolute Gasteiger partial charge is 0.476 e. The number of alkyl halides is 1. The Morgan fingerprint density at radius 1 is 1.69 bits per heavy atom. The van der Waals surface area contributed by atoms with E-state index < -0.39 is 4.92 Å². The Morgan fingerprint density at radius 2 is 2.44 bits per heavy atom. The van der Waals surface area contributed by atoms with Gasteiger partial charge in [-0.1, -0.05) is 12.2 Å². The Balaban J connectivity index is 2.98. The van der Waals surface area contributed by atoms with Crippen LogP contribution in [0.25, 0.3) is 6.08 Å². The average molecular weight is 243 g/mol. The van der Waals surface area contributed by atoms with E-state index in [4.69, 9.17) is 16.3 Å². The first-order valence-corrected chi connectivity index (χ1v) is 5.13. The minimum Gasteiger partial charge on any atom is -0.476 e. The van der Waals surface area contributed by atoms with E-state index in [1.807, 2.05) is 6.08 Å². The van der Waals surface area contributed by atoms with E-state index in [1.54, 1.807) is 6.08 Å². The highest BCUT2D eigenvalue weighted by Gasteiger charge is 2.15. The van der Waals surface area contributed by atoms with Gasteiger partial charge in [-0.25, -0.2) is 4.98 Å². The highest BCUT2D eigenvalue weighted by atomic mass is 35.5. The predicted octanol–water partition coefficient (Wildman–Crippen LogP) is 2.64. The summed E-state index contributed by atoms with van der Waals surface area (Å²) in [6.45, 7) is 0. The molecule has 0 bridgehead atoms. The second kappa shape index (κ2) is 6.07. The van der Waals surface area contributed by atoms with Gasteiger partial charge in [0.15, 0.2) is 0 Å². The second-order valence-corrected chi connectivity index (χ2v) is 3.31. The first-order valence-electron chi connectivity index (χ1n) is 4.60. The molecule has 1 rings (SSSR count). The fourth-order valence-electron chi connectivity index (χ4n) is 1.12. The molecule has 1 heterocycles. The normalized spacial score (nSPS) is 10.6.